The number of fused-ring (bicyclic) bond motifs is 3. The zero-order valence-electron chi connectivity index (χ0n) is 17.1. The van der Waals surface area contributed by atoms with Crippen molar-refractivity contribution in [3.05, 3.63) is 101 Å². The molecule has 3 aromatic rings. The Morgan fingerprint density at radius 1 is 0.727 bits per heavy atom. The number of rotatable bonds is 2. The van der Waals surface area contributed by atoms with Gasteiger partial charge in [-0.1, -0.05) is 66.2 Å². The fraction of sp³-hybridized carbons (Fsp3) is 0.154. The van der Waals surface area contributed by atoms with Crippen LogP contribution in [-0.4, -0.2) is 29.0 Å². The fourth-order valence-corrected chi connectivity index (χ4v) is 5.43. The first-order valence-electron chi connectivity index (χ1n) is 10.5. The number of ketones is 2. The van der Waals surface area contributed by atoms with Gasteiger partial charge in [0.15, 0.2) is 0 Å². The monoisotopic (exact) mass is 457 g/mol. The molecule has 33 heavy (non-hydrogen) atoms. The number of Topliss-reactive ketones (excluding diaryl/α,β-unsaturated/α-hetero) is 2. The van der Waals surface area contributed by atoms with E-state index in [1.807, 2.05) is 0 Å². The summed E-state index contributed by atoms with van der Waals surface area (Å²) in [6.07, 6.45) is -0.959. The quantitative estimate of drug-likeness (QED) is 0.428. The molecule has 0 N–H and O–H groups in total. The molecule has 3 aliphatic rings. The van der Waals surface area contributed by atoms with Crippen molar-refractivity contribution in [2.75, 3.05) is 4.90 Å². The molecule has 3 aromatic carbocycles. The Kier molecular flexibility index (Phi) is 4.21. The highest BCUT2D eigenvalue weighted by Crippen LogP contribution is 2.57. The molecular weight excluding hydrogens is 442 g/mol. The molecule has 3 unspecified atom stereocenters. The molecule has 6 nitrogen and oxygen atoms in total. The number of anilines is 1. The molecule has 1 spiro atoms. The van der Waals surface area contributed by atoms with E-state index in [0.717, 1.165) is 4.90 Å². The van der Waals surface area contributed by atoms with Crippen molar-refractivity contribution < 1.29 is 23.9 Å². The summed E-state index contributed by atoms with van der Waals surface area (Å²) in [6.45, 7) is 0. The number of amides is 2. The molecular formula is C26H16ClNO5. The molecule has 7 heteroatoms. The summed E-state index contributed by atoms with van der Waals surface area (Å²) in [5.74, 6) is -4.55. The normalized spacial score (nSPS) is 25.1. The Bertz CT molecular complexity index is 1320. The van der Waals surface area contributed by atoms with Crippen LogP contribution in [0.1, 0.15) is 32.4 Å². The fourth-order valence-electron chi connectivity index (χ4n) is 5.30. The number of carbonyl (C=O) groups excluding carboxylic acids is 4. The Morgan fingerprint density at radius 3 is 1.91 bits per heavy atom. The molecule has 0 bridgehead atoms. The summed E-state index contributed by atoms with van der Waals surface area (Å²) in [4.78, 5) is 55.8. The number of ether oxygens (including phenoxy) is 1. The van der Waals surface area contributed by atoms with E-state index in [4.69, 9.17) is 16.3 Å². The number of nitrogens with zero attached hydrogens (tertiary/aromatic N) is 1. The van der Waals surface area contributed by atoms with Crippen LogP contribution in [0.15, 0.2) is 78.9 Å². The lowest BCUT2D eigenvalue weighted by atomic mass is 9.77. The van der Waals surface area contributed by atoms with Crippen LogP contribution in [0.5, 0.6) is 0 Å². The van der Waals surface area contributed by atoms with E-state index in [0.29, 0.717) is 16.3 Å². The van der Waals surface area contributed by atoms with E-state index in [9.17, 15) is 19.2 Å². The van der Waals surface area contributed by atoms with Gasteiger partial charge in [0.2, 0.25) is 29.0 Å². The summed E-state index contributed by atoms with van der Waals surface area (Å²) in [7, 11) is 0. The van der Waals surface area contributed by atoms with Gasteiger partial charge in [0.25, 0.3) is 0 Å². The van der Waals surface area contributed by atoms with Gasteiger partial charge in [0, 0.05) is 16.1 Å². The van der Waals surface area contributed by atoms with Crippen molar-refractivity contribution in [2.45, 2.75) is 11.7 Å². The lowest BCUT2D eigenvalue weighted by molar-refractivity contribution is -0.127. The Balaban J connectivity index is 1.55. The predicted molar refractivity (Wildman–Crippen MR) is 119 cm³/mol. The third-order valence-corrected chi connectivity index (χ3v) is 6.98. The third kappa shape index (κ3) is 2.53. The average molecular weight is 458 g/mol. The van der Waals surface area contributed by atoms with Gasteiger partial charge in [0.05, 0.1) is 23.6 Å². The molecule has 2 fully saturated rings. The smallest absolute Gasteiger partial charge is 0.241 e. The molecule has 162 valence electrons. The summed E-state index contributed by atoms with van der Waals surface area (Å²) >= 11 is 6.03. The minimum absolute atomic E-state index is 0.205. The molecule has 0 radical (unpaired) electrons. The van der Waals surface area contributed by atoms with Crippen molar-refractivity contribution in [3.63, 3.8) is 0 Å². The third-order valence-electron chi connectivity index (χ3n) is 6.73. The highest BCUT2D eigenvalue weighted by atomic mass is 35.5. The summed E-state index contributed by atoms with van der Waals surface area (Å²) in [5, 5.41) is 0.489. The second kappa shape index (κ2) is 6.94. The molecule has 2 saturated heterocycles. The first-order chi connectivity index (χ1) is 15.9. The zero-order chi connectivity index (χ0) is 22.9. The lowest BCUT2D eigenvalue weighted by Crippen LogP contribution is -2.51. The number of hydrogen-bond acceptors (Lipinski definition) is 5. The standard InChI is InChI=1S/C26H16ClNO5/c27-15-12-10-14(11-13-15)21-19-20(25(32)28(24(19)31)16-6-2-1-3-7-16)26(33-21)22(29)17-8-4-5-9-18(17)23(26)30/h1-13,19-21H. The highest BCUT2D eigenvalue weighted by molar-refractivity contribution is 6.37. The van der Waals surface area contributed by atoms with E-state index in [1.165, 1.54) is 0 Å². The van der Waals surface area contributed by atoms with Crippen molar-refractivity contribution in [1.82, 2.24) is 0 Å². The minimum Gasteiger partial charge on any atom is -0.349 e. The van der Waals surface area contributed by atoms with Gasteiger partial charge in [-0.2, -0.15) is 0 Å². The molecule has 0 aromatic heterocycles. The molecule has 2 heterocycles. The van der Waals surface area contributed by atoms with Gasteiger partial charge in [0.1, 0.15) is 0 Å². The van der Waals surface area contributed by atoms with E-state index in [-0.39, 0.29) is 11.1 Å². The largest absolute Gasteiger partial charge is 0.349 e. The Labute approximate surface area is 193 Å². The minimum atomic E-state index is -2.07. The number of carbonyl (C=O) groups is 4. The maximum absolute atomic E-state index is 13.7. The van der Waals surface area contributed by atoms with Gasteiger partial charge in [-0.3, -0.25) is 19.2 Å². The predicted octanol–water partition coefficient (Wildman–Crippen LogP) is 4.04. The van der Waals surface area contributed by atoms with Crippen molar-refractivity contribution >= 4 is 40.7 Å². The van der Waals surface area contributed by atoms with Crippen LogP contribution in [0, 0.1) is 11.8 Å². The molecule has 3 atom stereocenters. The zero-order valence-corrected chi connectivity index (χ0v) is 17.9. The van der Waals surface area contributed by atoms with Crippen LogP contribution in [0.25, 0.3) is 0 Å². The number of halogens is 1. The highest BCUT2D eigenvalue weighted by Gasteiger charge is 2.74. The van der Waals surface area contributed by atoms with E-state index >= 15 is 0 Å². The van der Waals surface area contributed by atoms with Gasteiger partial charge in [-0.05, 0) is 29.8 Å². The Morgan fingerprint density at radius 2 is 1.30 bits per heavy atom. The first kappa shape index (κ1) is 20.0. The first-order valence-corrected chi connectivity index (χ1v) is 10.9. The number of benzene rings is 3. The van der Waals surface area contributed by atoms with E-state index in [2.05, 4.69) is 0 Å². The van der Waals surface area contributed by atoms with Crippen LogP contribution in [0.4, 0.5) is 5.69 Å². The maximum atomic E-state index is 13.7. The van der Waals surface area contributed by atoms with Crippen LogP contribution in [-0.2, 0) is 14.3 Å². The molecule has 2 aliphatic heterocycles. The van der Waals surface area contributed by atoms with Crippen LogP contribution < -0.4 is 4.90 Å². The summed E-state index contributed by atoms with van der Waals surface area (Å²) in [5.41, 5.74) is -0.705. The number of imide groups is 1. The van der Waals surface area contributed by atoms with E-state index in [1.54, 1.807) is 78.9 Å². The Hall–Kier alpha value is -3.61. The van der Waals surface area contributed by atoms with Crippen LogP contribution >= 0.6 is 11.6 Å². The van der Waals surface area contributed by atoms with Crippen molar-refractivity contribution in [2.24, 2.45) is 11.8 Å². The topological polar surface area (TPSA) is 80.8 Å². The van der Waals surface area contributed by atoms with Crippen molar-refractivity contribution in [3.8, 4) is 0 Å². The van der Waals surface area contributed by atoms with E-state index < -0.39 is 46.9 Å². The SMILES string of the molecule is O=C1C2C(c3ccc(Cl)cc3)OC3(C(=O)c4ccccc4C3=O)C2C(=O)N1c1ccccc1. The van der Waals surface area contributed by atoms with Gasteiger partial charge in [-0.25, -0.2) is 4.90 Å². The van der Waals surface area contributed by atoms with Gasteiger partial charge < -0.3 is 4.74 Å². The van der Waals surface area contributed by atoms with Crippen LogP contribution in [0.2, 0.25) is 5.02 Å². The van der Waals surface area contributed by atoms with Crippen LogP contribution in [0.3, 0.4) is 0 Å². The molecule has 1 aliphatic carbocycles. The summed E-state index contributed by atoms with van der Waals surface area (Å²) in [6, 6.07) is 21.6. The summed E-state index contributed by atoms with van der Waals surface area (Å²) < 4.78 is 6.22. The molecule has 2 amide bonds. The number of para-hydroxylation sites is 1. The number of hydrogen-bond donors (Lipinski definition) is 0. The maximum Gasteiger partial charge on any atom is 0.241 e. The second-order valence-corrected chi connectivity index (χ2v) is 8.82. The van der Waals surface area contributed by atoms with Crippen molar-refractivity contribution in [1.29, 1.82) is 0 Å². The second-order valence-electron chi connectivity index (χ2n) is 8.38. The molecule has 6 rings (SSSR count). The molecule has 0 saturated carbocycles. The lowest BCUT2D eigenvalue weighted by Gasteiger charge is -2.27. The van der Waals surface area contributed by atoms with Gasteiger partial charge in [-0.15, -0.1) is 0 Å². The van der Waals surface area contributed by atoms with Gasteiger partial charge >= 0.3 is 0 Å². The average Bonchev–Trinajstić information content (AvgIpc) is 3.40.